The number of nitrogens with zero attached hydrogens (tertiary/aromatic N) is 5. The van der Waals surface area contributed by atoms with E-state index in [9.17, 15) is 8.78 Å². The number of hydrogen-bond donors (Lipinski definition) is 1. The zero-order chi connectivity index (χ0) is 18.5. The van der Waals surface area contributed by atoms with Gasteiger partial charge in [-0.2, -0.15) is 8.78 Å². The van der Waals surface area contributed by atoms with Crippen LogP contribution in [-0.2, 0) is 26.1 Å². The van der Waals surface area contributed by atoms with Crippen LogP contribution in [0.2, 0.25) is 0 Å². The van der Waals surface area contributed by atoms with Gasteiger partial charge in [-0.3, -0.25) is 4.99 Å². The van der Waals surface area contributed by atoms with E-state index in [4.69, 9.17) is 0 Å². The third-order valence-electron chi connectivity index (χ3n) is 4.23. The Balaban J connectivity index is 1.56. The van der Waals surface area contributed by atoms with Gasteiger partial charge in [0.2, 0.25) is 0 Å². The quantitative estimate of drug-likeness (QED) is 0.628. The lowest BCUT2D eigenvalue weighted by Crippen LogP contribution is -2.38. The van der Waals surface area contributed by atoms with Crippen molar-refractivity contribution in [1.29, 1.82) is 0 Å². The summed E-state index contributed by atoms with van der Waals surface area (Å²) >= 11 is 0. The maximum Gasteiger partial charge on any atom is 0.387 e. The third-order valence-corrected chi connectivity index (χ3v) is 4.23. The summed E-state index contributed by atoms with van der Waals surface area (Å²) in [6, 6.07) is 6.58. The molecule has 1 aromatic carbocycles. The van der Waals surface area contributed by atoms with Gasteiger partial charge in [-0.15, -0.1) is 10.2 Å². The fourth-order valence-electron chi connectivity index (χ4n) is 3.01. The van der Waals surface area contributed by atoms with Crippen molar-refractivity contribution in [2.75, 3.05) is 14.1 Å². The second-order valence-electron chi connectivity index (χ2n) is 6.07. The number of guanidine groups is 1. The van der Waals surface area contributed by atoms with Crippen molar-refractivity contribution in [1.82, 2.24) is 25.0 Å². The maximum absolute atomic E-state index is 12.2. The van der Waals surface area contributed by atoms with Gasteiger partial charge in [0.25, 0.3) is 0 Å². The number of alkyl halides is 2. The van der Waals surface area contributed by atoms with Gasteiger partial charge in [0.05, 0.1) is 6.54 Å². The molecule has 0 saturated heterocycles. The number of hydrogen-bond acceptors (Lipinski definition) is 4. The van der Waals surface area contributed by atoms with E-state index in [0.29, 0.717) is 19.0 Å². The molecule has 0 radical (unpaired) electrons. The SMILES string of the molecule is CN=C(NCc1nnc2n1CCC2)N(C)Cc1ccc(OC(F)F)cc1. The van der Waals surface area contributed by atoms with Crippen LogP contribution in [-0.4, -0.2) is 46.3 Å². The van der Waals surface area contributed by atoms with Gasteiger partial charge in [-0.05, 0) is 24.1 Å². The molecule has 1 aliphatic heterocycles. The number of aromatic nitrogens is 3. The number of nitrogens with one attached hydrogen (secondary N) is 1. The molecule has 3 rings (SSSR count). The zero-order valence-corrected chi connectivity index (χ0v) is 14.8. The summed E-state index contributed by atoms with van der Waals surface area (Å²) in [6.07, 6.45) is 2.09. The molecule has 0 fully saturated rings. The number of benzene rings is 1. The molecule has 0 saturated carbocycles. The molecule has 1 aliphatic rings. The second kappa shape index (κ2) is 8.11. The summed E-state index contributed by atoms with van der Waals surface area (Å²) in [5.74, 6) is 2.81. The van der Waals surface area contributed by atoms with Crippen LogP contribution in [0.5, 0.6) is 5.75 Å². The van der Waals surface area contributed by atoms with Crippen molar-refractivity contribution in [3.05, 3.63) is 41.5 Å². The first-order chi connectivity index (χ1) is 12.6. The standard InChI is InChI=1S/C17H22F2N6O/c1-20-17(21-10-15-23-22-14-4-3-9-25(14)15)24(2)11-12-5-7-13(8-6-12)26-16(18)19/h5-8,16H,3-4,9-11H2,1-2H3,(H,20,21). The predicted molar refractivity (Wildman–Crippen MR) is 93.1 cm³/mol. The highest BCUT2D eigenvalue weighted by atomic mass is 19.3. The van der Waals surface area contributed by atoms with Crippen LogP contribution in [0.25, 0.3) is 0 Å². The molecule has 1 N–H and O–H groups in total. The van der Waals surface area contributed by atoms with Crippen LogP contribution in [0.4, 0.5) is 8.78 Å². The summed E-state index contributed by atoms with van der Waals surface area (Å²) in [6.45, 7) is -0.733. The smallest absolute Gasteiger partial charge is 0.387 e. The van der Waals surface area contributed by atoms with Gasteiger partial charge in [0.15, 0.2) is 11.8 Å². The van der Waals surface area contributed by atoms with Gasteiger partial charge in [0, 0.05) is 33.6 Å². The molecule has 0 spiro atoms. The van der Waals surface area contributed by atoms with Crippen LogP contribution in [0.3, 0.4) is 0 Å². The summed E-state index contributed by atoms with van der Waals surface area (Å²) in [5, 5.41) is 11.7. The molecule has 0 bridgehead atoms. The van der Waals surface area contributed by atoms with Crippen molar-refractivity contribution in [2.45, 2.75) is 39.1 Å². The normalized spacial score (nSPS) is 13.8. The highest BCUT2D eigenvalue weighted by Crippen LogP contribution is 2.16. The molecule has 1 aromatic heterocycles. The lowest BCUT2D eigenvalue weighted by atomic mass is 10.2. The predicted octanol–water partition coefficient (Wildman–Crippen LogP) is 2.03. The van der Waals surface area contributed by atoms with Crippen LogP contribution < -0.4 is 10.1 Å². The monoisotopic (exact) mass is 364 g/mol. The molecule has 140 valence electrons. The lowest BCUT2D eigenvalue weighted by molar-refractivity contribution is -0.0498. The number of aliphatic imine (C=N–C) groups is 1. The number of halogens is 2. The van der Waals surface area contributed by atoms with E-state index in [-0.39, 0.29) is 5.75 Å². The molecule has 0 unspecified atom stereocenters. The molecule has 7 nitrogen and oxygen atoms in total. The van der Waals surface area contributed by atoms with Crippen molar-refractivity contribution in [3.63, 3.8) is 0 Å². The van der Waals surface area contributed by atoms with E-state index in [1.165, 1.54) is 12.1 Å². The van der Waals surface area contributed by atoms with E-state index in [2.05, 4.69) is 29.8 Å². The van der Waals surface area contributed by atoms with Gasteiger partial charge in [0.1, 0.15) is 11.6 Å². The summed E-state index contributed by atoms with van der Waals surface area (Å²) in [7, 11) is 3.62. The zero-order valence-electron chi connectivity index (χ0n) is 14.8. The highest BCUT2D eigenvalue weighted by molar-refractivity contribution is 5.79. The highest BCUT2D eigenvalue weighted by Gasteiger charge is 2.17. The Bertz CT molecular complexity index is 759. The fraction of sp³-hybridized carbons (Fsp3) is 0.471. The molecule has 26 heavy (non-hydrogen) atoms. The third kappa shape index (κ3) is 4.27. The summed E-state index contributed by atoms with van der Waals surface area (Å²) in [4.78, 5) is 6.23. The largest absolute Gasteiger partial charge is 0.435 e. The Labute approximate surface area is 150 Å². The Kier molecular flexibility index (Phi) is 5.65. The molecule has 9 heteroatoms. The minimum Gasteiger partial charge on any atom is -0.435 e. The number of aryl methyl sites for hydroxylation is 1. The van der Waals surface area contributed by atoms with Crippen molar-refractivity contribution < 1.29 is 13.5 Å². The van der Waals surface area contributed by atoms with Gasteiger partial charge >= 0.3 is 6.61 Å². The first-order valence-corrected chi connectivity index (χ1v) is 8.43. The van der Waals surface area contributed by atoms with E-state index in [1.54, 1.807) is 19.2 Å². The Morgan fingerprint density at radius 1 is 1.35 bits per heavy atom. The van der Waals surface area contributed by atoms with Crippen molar-refractivity contribution >= 4 is 5.96 Å². The summed E-state index contributed by atoms with van der Waals surface area (Å²) in [5.41, 5.74) is 0.959. The van der Waals surface area contributed by atoms with Crippen LogP contribution in [0.15, 0.2) is 29.3 Å². The second-order valence-corrected chi connectivity index (χ2v) is 6.07. The molecule has 0 aliphatic carbocycles. The van der Waals surface area contributed by atoms with E-state index >= 15 is 0 Å². The van der Waals surface area contributed by atoms with E-state index in [1.807, 2.05) is 11.9 Å². The average Bonchev–Trinajstić information content (AvgIpc) is 3.21. The van der Waals surface area contributed by atoms with E-state index in [0.717, 1.165) is 36.6 Å². The molecule has 2 aromatic rings. The first-order valence-electron chi connectivity index (χ1n) is 8.43. The van der Waals surface area contributed by atoms with Gasteiger partial charge < -0.3 is 19.5 Å². The number of ether oxygens (including phenoxy) is 1. The molecule has 0 atom stereocenters. The van der Waals surface area contributed by atoms with Crippen molar-refractivity contribution in [3.8, 4) is 5.75 Å². The molecular formula is C17H22F2N6O. The minimum atomic E-state index is -2.81. The molecular weight excluding hydrogens is 342 g/mol. The van der Waals surface area contributed by atoms with Gasteiger partial charge in [-0.1, -0.05) is 12.1 Å². The fourth-order valence-corrected chi connectivity index (χ4v) is 3.01. The summed E-state index contributed by atoms with van der Waals surface area (Å²) < 4.78 is 30.9. The van der Waals surface area contributed by atoms with Crippen LogP contribution in [0, 0.1) is 0 Å². The minimum absolute atomic E-state index is 0.148. The Morgan fingerprint density at radius 2 is 2.12 bits per heavy atom. The molecule has 2 heterocycles. The average molecular weight is 364 g/mol. The molecule has 0 amide bonds. The lowest BCUT2D eigenvalue weighted by Gasteiger charge is -2.22. The van der Waals surface area contributed by atoms with Crippen LogP contribution >= 0.6 is 0 Å². The van der Waals surface area contributed by atoms with Crippen LogP contribution in [0.1, 0.15) is 23.6 Å². The number of fused-ring (bicyclic) bond motifs is 1. The Morgan fingerprint density at radius 3 is 2.81 bits per heavy atom. The Hall–Kier alpha value is -2.71. The number of rotatable bonds is 6. The van der Waals surface area contributed by atoms with Gasteiger partial charge in [-0.25, -0.2) is 0 Å². The maximum atomic E-state index is 12.2. The topological polar surface area (TPSA) is 67.6 Å². The van der Waals surface area contributed by atoms with E-state index < -0.39 is 6.61 Å². The van der Waals surface area contributed by atoms with Crippen molar-refractivity contribution in [2.24, 2.45) is 4.99 Å². The first kappa shape index (κ1) is 18.1.